The molecule has 1 aromatic carbocycles. The highest BCUT2D eigenvalue weighted by Gasteiger charge is 2.19. The van der Waals surface area contributed by atoms with Gasteiger partial charge < -0.3 is 24.1 Å². The molecule has 0 aliphatic carbocycles. The van der Waals surface area contributed by atoms with Crippen molar-refractivity contribution in [2.24, 2.45) is 0 Å². The summed E-state index contributed by atoms with van der Waals surface area (Å²) in [5.41, 5.74) is 3.53. The van der Waals surface area contributed by atoms with Crippen molar-refractivity contribution in [3.8, 4) is 17.2 Å². The minimum Gasteiger partial charge on any atom is -0.486 e. The molecule has 2 aromatic rings. The number of nitrogens with zero attached hydrogens (tertiary/aromatic N) is 1. The third kappa shape index (κ3) is 3.70. The maximum absolute atomic E-state index is 12.7. The van der Waals surface area contributed by atoms with E-state index >= 15 is 0 Å². The number of methoxy groups -OCH3 is 1. The minimum atomic E-state index is -0.0644. The summed E-state index contributed by atoms with van der Waals surface area (Å²) in [6.07, 6.45) is 0.781. The second-order valence-corrected chi connectivity index (χ2v) is 6.60. The molecule has 1 aliphatic rings. The van der Waals surface area contributed by atoms with Crippen molar-refractivity contribution < 1.29 is 19.0 Å². The van der Waals surface area contributed by atoms with Crippen molar-refractivity contribution in [3.05, 3.63) is 41.2 Å². The Hall–Kier alpha value is -2.47. The van der Waals surface area contributed by atoms with Crippen molar-refractivity contribution in [1.82, 2.24) is 9.88 Å². The number of rotatable bonds is 6. The van der Waals surface area contributed by atoms with Crippen LogP contribution in [-0.2, 0) is 4.74 Å². The monoisotopic (exact) mass is 358 g/mol. The summed E-state index contributed by atoms with van der Waals surface area (Å²) in [5, 5.41) is 3.04. The van der Waals surface area contributed by atoms with Gasteiger partial charge in [-0.1, -0.05) is 0 Å². The molecule has 0 spiro atoms. The van der Waals surface area contributed by atoms with Crippen LogP contribution in [0.4, 0.5) is 0 Å². The lowest BCUT2D eigenvalue weighted by atomic mass is 10.2. The number of aryl methyl sites for hydroxylation is 1. The standard InChI is InChI=1S/C20H26N2O4/c1-13(7-8-24-4)21-20(23)17-11-14(2)22(15(17)3)16-5-6-18-19(12-16)26-10-9-25-18/h5-6,11-13H,7-10H2,1-4H3,(H,21,23). The molecule has 3 rings (SSSR count). The van der Waals surface area contributed by atoms with Gasteiger partial charge in [0.15, 0.2) is 11.5 Å². The van der Waals surface area contributed by atoms with Crippen LogP contribution in [0.15, 0.2) is 24.3 Å². The Balaban J connectivity index is 1.85. The van der Waals surface area contributed by atoms with Gasteiger partial charge in [0.2, 0.25) is 0 Å². The fraction of sp³-hybridized carbons (Fsp3) is 0.450. The van der Waals surface area contributed by atoms with Crippen molar-refractivity contribution in [3.63, 3.8) is 0 Å². The Morgan fingerprint density at radius 1 is 1.23 bits per heavy atom. The highest BCUT2D eigenvalue weighted by atomic mass is 16.6. The number of benzene rings is 1. The second-order valence-electron chi connectivity index (χ2n) is 6.60. The molecule has 1 unspecified atom stereocenters. The van der Waals surface area contributed by atoms with Crippen LogP contribution in [0.3, 0.4) is 0 Å². The SMILES string of the molecule is COCCC(C)NC(=O)c1cc(C)n(-c2ccc3c(c2)OCCO3)c1C. The molecule has 1 N–H and O–H groups in total. The predicted molar refractivity (Wildman–Crippen MR) is 99.7 cm³/mol. The molecule has 6 nitrogen and oxygen atoms in total. The van der Waals surface area contributed by atoms with Gasteiger partial charge in [0.1, 0.15) is 13.2 Å². The quantitative estimate of drug-likeness (QED) is 0.862. The Morgan fingerprint density at radius 3 is 2.69 bits per heavy atom. The van der Waals surface area contributed by atoms with Crippen molar-refractivity contribution in [1.29, 1.82) is 0 Å². The van der Waals surface area contributed by atoms with Crippen LogP contribution in [0.5, 0.6) is 11.5 Å². The van der Waals surface area contributed by atoms with Crippen LogP contribution < -0.4 is 14.8 Å². The highest BCUT2D eigenvalue weighted by molar-refractivity contribution is 5.96. The van der Waals surface area contributed by atoms with Crippen molar-refractivity contribution in [2.75, 3.05) is 26.9 Å². The molecule has 0 bridgehead atoms. The van der Waals surface area contributed by atoms with Gasteiger partial charge in [-0.05, 0) is 45.4 Å². The van der Waals surface area contributed by atoms with Gasteiger partial charge in [0.05, 0.1) is 5.56 Å². The predicted octanol–water partition coefficient (Wildman–Crippen LogP) is 3.02. The summed E-state index contributed by atoms with van der Waals surface area (Å²) in [5.74, 6) is 1.43. The molecule has 0 fully saturated rings. The molecule has 26 heavy (non-hydrogen) atoms. The molecular weight excluding hydrogens is 332 g/mol. The van der Waals surface area contributed by atoms with Crippen LogP contribution in [0.2, 0.25) is 0 Å². The summed E-state index contributed by atoms with van der Waals surface area (Å²) in [4.78, 5) is 12.7. The van der Waals surface area contributed by atoms with Crippen LogP contribution in [0.25, 0.3) is 5.69 Å². The highest BCUT2D eigenvalue weighted by Crippen LogP contribution is 2.33. The molecule has 1 atom stereocenters. The molecule has 2 heterocycles. The summed E-state index contributed by atoms with van der Waals surface area (Å²) in [7, 11) is 1.66. The first-order valence-corrected chi connectivity index (χ1v) is 8.90. The number of fused-ring (bicyclic) bond motifs is 1. The Bertz CT molecular complexity index is 797. The lowest BCUT2D eigenvalue weighted by Gasteiger charge is -2.20. The van der Waals surface area contributed by atoms with E-state index in [0.29, 0.717) is 25.4 Å². The molecule has 1 amide bonds. The minimum absolute atomic E-state index is 0.0554. The lowest BCUT2D eigenvalue weighted by molar-refractivity contribution is 0.0929. The molecule has 0 saturated heterocycles. The van der Waals surface area contributed by atoms with Gasteiger partial charge in [0, 0.05) is 42.9 Å². The number of aromatic nitrogens is 1. The summed E-state index contributed by atoms with van der Waals surface area (Å²) in [6, 6.07) is 7.83. The van der Waals surface area contributed by atoms with Gasteiger partial charge in [0.25, 0.3) is 5.91 Å². The first kappa shape index (κ1) is 18.3. The van der Waals surface area contributed by atoms with E-state index in [1.165, 1.54) is 0 Å². The first-order chi connectivity index (χ1) is 12.5. The zero-order chi connectivity index (χ0) is 18.7. The Kier molecular flexibility index (Phi) is 5.52. The van der Waals surface area contributed by atoms with Crippen LogP contribution in [0.1, 0.15) is 35.1 Å². The van der Waals surface area contributed by atoms with E-state index in [1.807, 2.05) is 45.0 Å². The summed E-state index contributed by atoms with van der Waals surface area (Å²) >= 11 is 0. The maximum Gasteiger partial charge on any atom is 0.253 e. The third-order valence-corrected chi connectivity index (χ3v) is 4.59. The fourth-order valence-electron chi connectivity index (χ4n) is 3.23. The van der Waals surface area contributed by atoms with Gasteiger partial charge in [-0.2, -0.15) is 0 Å². The van der Waals surface area contributed by atoms with E-state index in [4.69, 9.17) is 14.2 Å². The molecule has 1 aromatic heterocycles. The number of amides is 1. The largest absolute Gasteiger partial charge is 0.486 e. The van der Waals surface area contributed by atoms with Crippen LogP contribution >= 0.6 is 0 Å². The lowest BCUT2D eigenvalue weighted by Crippen LogP contribution is -2.33. The molecular formula is C20H26N2O4. The zero-order valence-electron chi connectivity index (χ0n) is 15.8. The Morgan fingerprint density at radius 2 is 1.96 bits per heavy atom. The van der Waals surface area contributed by atoms with Gasteiger partial charge in [-0.3, -0.25) is 4.79 Å². The van der Waals surface area contributed by atoms with Crippen LogP contribution in [0, 0.1) is 13.8 Å². The number of hydrogen-bond donors (Lipinski definition) is 1. The molecule has 6 heteroatoms. The molecule has 140 valence electrons. The van der Waals surface area contributed by atoms with E-state index in [-0.39, 0.29) is 11.9 Å². The van der Waals surface area contributed by atoms with Gasteiger partial charge >= 0.3 is 0 Å². The average Bonchev–Trinajstić information content (AvgIpc) is 2.94. The van der Waals surface area contributed by atoms with E-state index in [9.17, 15) is 4.79 Å². The number of carbonyl (C=O) groups is 1. The molecule has 0 saturated carbocycles. The van der Waals surface area contributed by atoms with E-state index in [0.717, 1.165) is 35.0 Å². The van der Waals surface area contributed by atoms with Crippen molar-refractivity contribution in [2.45, 2.75) is 33.2 Å². The van der Waals surface area contributed by atoms with E-state index in [1.54, 1.807) is 7.11 Å². The van der Waals surface area contributed by atoms with E-state index in [2.05, 4.69) is 9.88 Å². The normalized spacial score (nSPS) is 14.2. The number of carbonyl (C=O) groups excluding carboxylic acids is 1. The Labute approximate surface area is 154 Å². The molecule has 1 aliphatic heterocycles. The van der Waals surface area contributed by atoms with Gasteiger partial charge in [-0.25, -0.2) is 0 Å². The molecule has 0 radical (unpaired) electrons. The van der Waals surface area contributed by atoms with Crippen LogP contribution in [-0.4, -0.2) is 43.4 Å². The first-order valence-electron chi connectivity index (χ1n) is 8.90. The smallest absolute Gasteiger partial charge is 0.253 e. The summed E-state index contributed by atoms with van der Waals surface area (Å²) in [6.45, 7) is 7.68. The number of ether oxygens (including phenoxy) is 3. The van der Waals surface area contributed by atoms with Crippen molar-refractivity contribution >= 4 is 5.91 Å². The number of hydrogen-bond acceptors (Lipinski definition) is 4. The average molecular weight is 358 g/mol. The zero-order valence-corrected chi connectivity index (χ0v) is 15.8. The second kappa shape index (κ2) is 7.83. The van der Waals surface area contributed by atoms with E-state index < -0.39 is 0 Å². The van der Waals surface area contributed by atoms with Gasteiger partial charge in [-0.15, -0.1) is 0 Å². The number of nitrogens with one attached hydrogen (secondary N) is 1. The maximum atomic E-state index is 12.7. The third-order valence-electron chi connectivity index (χ3n) is 4.59. The fourth-order valence-corrected chi connectivity index (χ4v) is 3.23. The summed E-state index contributed by atoms with van der Waals surface area (Å²) < 4.78 is 18.4. The topological polar surface area (TPSA) is 61.7 Å².